The van der Waals surface area contributed by atoms with Crippen molar-refractivity contribution in [2.24, 2.45) is 7.05 Å². The van der Waals surface area contributed by atoms with Crippen molar-refractivity contribution in [1.82, 2.24) is 29.6 Å². The molecule has 4 heterocycles. The van der Waals surface area contributed by atoms with E-state index in [4.69, 9.17) is 27.9 Å². The van der Waals surface area contributed by atoms with Crippen LogP contribution in [0.25, 0.3) is 22.2 Å². The van der Waals surface area contributed by atoms with Crippen molar-refractivity contribution in [2.75, 3.05) is 13.7 Å². The lowest BCUT2D eigenvalue weighted by Crippen LogP contribution is -2.39. The molecule has 5 rings (SSSR count). The summed E-state index contributed by atoms with van der Waals surface area (Å²) in [7, 11) is 3.39. The first-order valence-corrected chi connectivity index (χ1v) is 10.8. The lowest BCUT2D eigenvalue weighted by molar-refractivity contribution is 0.0665. The number of hydrogen-bond acceptors (Lipinski definition) is 5. The minimum Gasteiger partial charge on any atom is -0.494 e. The van der Waals surface area contributed by atoms with Crippen molar-refractivity contribution in [1.29, 1.82) is 0 Å². The van der Waals surface area contributed by atoms with Crippen molar-refractivity contribution in [3.63, 3.8) is 0 Å². The van der Waals surface area contributed by atoms with Crippen LogP contribution in [0.3, 0.4) is 0 Å². The van der Waals surface area contributed by atoms with E-state index in [1.54, 1.807) is 9.58 Å². The highest BCUT2D eigenvalue weighted by Gasteiger charge is 2.34. The summed E-state index contributed by atoms with van der Waals surface area (Å²) >= 11 is 13.0. The fraction of sp³-hybridized carbons (Fsp3) is 0.273. The van der Waals surface area contributed by atoms with Gasteiger partial charge in [0.05, 0.1) is 46.8 Å². The van der Waals surface area contributed by atoms with Gasteiger partial charge in [-0.25, -0.2) is 9.97 Å². The molecule has 0 fully saturated rings. The van der Waals surface area contributed by atoms with Gasteiger partial charge in [0, 0.05) is 48.4 Å². The smallest absolute Gasteiger partial charge is 0.292 e. The maximum absolute atomic E-state index is 13.2. The third kappa shape index (κ3) is 3.22. The zero-order valence-corrected chi connectivity index (χ0v) is 19.2. The summed E-state index contributed by atoms with van der Waals surface area (Å²) in [6.07, 6.45) is 5.51. The molecule has 1 aliphatic heterocycles. The number of aromatic nitrogens is 5. The number of rotatable bonds is 3. The second-order valence-corrected chi connectivity index (χ2v) is 8.52. The normalized spacial score (nSPS) is 15.8. The van der Waals surface area contributed by atoms with E-state index in [1.165, 1.54) is 19.5 Å². The number of nitrogens with one attached hydrogen (secondary N) is 1. The van der Waals surface area contributed by atoms with Gasteiger partial charge in [-0.3, -0.25) is 9.48 Å². The number of nitrogens with zero attached hydrogens (tertiary/aromatic N) is 5. The average Bonchev–Trinajstić information content (AvgIpc) is 3.40. The molecule has 8 nitrogen and oxygen atoms in total. The highest BCUT2D eigenvalue weighted by molar-refractivity contribution is 6.45. The van der Waals surface area contributed by atoms with Crippen LogP contribution in [0.2, 0.25) is 10.0 Å². The molecule has 1 N–H and O–H groups in total. The van der Waals surface area contributed by atoms with E-state index in [1.807, 2.05) is 32.3 Å². The third-order valence-corrected chi connectivity index (χ3v) is 6.67. The minimum atomic E-state index is -0.236. The van der Waals surface area contributed by atoms with Gasteiger partial charge in [0.25, 0.3) is 5.91 Å². The Morgan fingerprint density at radius 3 is 2.69 bits per heavy atom. The molecular formula is C22H20Cl2N6O2. The SMILES string of the molecule is COc1cnc(C(=O)N2CCc3[nH]c4c(Cl)c(Cl)cc(-c5ccn(C)n5)c4c3C2C)nc1. The first-order valence-electron chi connectivity index (χ1n) is 10.1. The molecule has 1 aliphatic rings. The number of fused-ring (bicyclic) bond motifs is 3. The molecule has 0 spiro atoms. The highest BCUT2D eigenvalue weighted by Crippen LogP contribution is 2.45. The van der Waals surface area contributed by atoms with E-state index >= 15 is 0 Å². The first kappa shape index (κ1) is 20.8. The fourth-order valence-corrected chi connectivity index (χ4v) is 4.73. The number of aromatic amines is 1. The van der Waals surface area contributed by atoms with Gasteiger partial charge in [-0.1, -0.05) is 23.2 Å². The number of benzene rings is 1. The van der Waals surface area contributed by atoms with Crippen LogP contribution in [0.1, 0.15) is 34.8 Å². The summed E-state index contributed by atoms with van der Waals surface area (Å²) in [5.41, 5.74) is 4.45. The zero-order valence-electron chi connectivity index (χ0n) is 17.7. The molecule has 1 atom stereocenters. The topological polar surface area (TPSA) is 88.9 Å². The molecule has 164 valence electrons. The summed E-state index contributed by atoms with van der Waals surface area (Å²) in [5.74, 6) is 0.394. The van der Waals surface area contributed by atoms with Crippen LogP contribution in [0, 0.1) is 0 Å². The van der Waals surface area contributed by atoms with E-state index in [0.29, 0.717) is 28.8 Å². The highest BCUT2D eigenvalue weighted by atomic mass is 35.5. The zero-order chi connectivity index (χ0) is 22.6. The van der Waals surface area contributed by atoms with Gasteiger partial charge in [-0.2, -0.15) is 5.10 Å². The Bertz CT molecular complexity index is 1340. The maximum atomic E-state index is 13.2. The van der Waals surface area contributed by atoms with Crippen LogP contribution in [-0.4, -0.2) is 49.2 Å². The van der Waals surface area contributed by atoms with Crippen LogP contribution in [-0.2, 0) is 13.5 Å². The van der Waals surface area contributed by atoms with E-state index in [9.17, 15) is 4.79 Å². The Hall–Kier alpha value is -3.10. The van der Waals surface area contributed by atoms with E-state index in [-0.39, 0.29) is 17.8 Å². The number of amides is 1. The standard InChI is InChI=1S/C22H20Cl2N6O2/c1-11-17-16(5-7-30(11)22(31)21-25-9-12(32-3)10-26-21)27-20-18(17)13(8-14(23)19(20)24)15-4-6-29(2)28-15/h4,6,8-11,27H,5,7H2,1-3H3. The quantitative estimate of drug-likeness (QED) is 0.478. The van der Waals surface area contributed by atoms with Crippen LogP contribution >= 0.6 is 23.2 Å². The van der Waals surface area contributed by atoms with Gasteiger partial charge in [0.1, 0.15) is 0 Å². The van der Waals surface area contributed by atoms with Gasteiger partial charge in [-0.15, -0.1) is 0 Å². The number of carbonyl (C=O) groups excluding carboxylic acids is 1. The number of ether oxygens (including phenoxy) is 1. The summed E-state index contributed by atoms with van der Waals surface area (Å²) in [6, 6.07) is 3.54. The maximum Gasteiger partial charge on any atom is 0.292 e. The monoisotopic (exact) mass is 470 g/mol. The summed E-state index contributed by atoms with van der Waals surface area (Å²) < 4.78 is 6.83. The number of methoxy groups -OCH3 is 1. The van der Waals surface area contributed by atoms with Gasteiger partial charge >= 0.3 is 0 Å². The molecule has 1 aromatic carbocycles. The van der Waals surface area contributed by atoms with Gasteiger partial charge < -0.3 is 14.6 Å². The summed E-state index contributed by atoms with van der Waals surface area (Å²) in [5, 5.41) is 6.39. The van der Waals surface area contributed by atoms with Crippen molar-refractivity contribution in [2.45, 2.75) is 19.4 Å². The lowest BCUT2D eigenvalue weighted by Gasteiger charge is -2.33. The molecule has 0 aliphatic carbocycles. The molecule has 32 heavy (non-hydrogen) atoms. The second-order valence-electron chi connectivity index (χ2n) is 7.73. The molecule has 0 radical (unpaired) electrons. The lowest BCUT2D eigenvalue weighted by atomic mass is 9.93. The van der Waals surface area contributed by atoms with Crippen molar-refractivity contribution in [3.05, 3.63) is 57.9 Å². The Labute approximate surface area is 194 Å². The molecule has 1 unspecified atom stereocenters. The molecular weight excluding hydrogens is 451 g/mol. The molecule has 10 heteroatoms. The van der Waals surface area contributed by atoms with Crippen LogP contribution in [0.15, 0.2) is 30.7 Å². The number of carbonyl (C=O) groups is 1. The Kier molecular flexibility index (Phi) is 5.06. The van der Waals surface area contributed by atoms with E-state index in [0.717, 1.165) is 33.4 Å². The number of H-pyrrole nitrogens is 1. The number of halogens is 2. The molecule has 0 saturated heterocycles. The largest absolute Gasteiger partial charge is 0.494 e. The summed E-state index contributed by atoms with van der Waals surface area (Å²) in [4.78, 5) is 26.8. The van der Waals surface area contributed by atoms with Crippen molar-refractivity contribution >= 4 is 40.0 Å². The van der Waals surface area contributed by atoms with Crippen LogP contribution in [0.5, 0.6) is 5.75 Å². The molecule has 4 aromatic rings. The van der Waals surface area contributed by atoms with Gasteiger partial charge in [0.2, 0.25) is 5.82 Å². The fourth-order valence-electron chi connectivity index (χ4n) is 4.33. The van der Waals surface area contributed by atoms with E-state index < -0.39 is 0 Å². The Morgan fingerprint density at radius 1 is 1.28 bits per heavy atom. The van der Waals surface area contributed by atoms with E-state index in [2.05, 4.69) is 20.1 Å². The summed E-state index contributed by atoms with van der Waals surface area (Å²) in [6.45, 7) is 2.52. The predicted octanol–water partition coefficient (Wildman–Crippen LogP) is 4.43. The molecule has 0 saturated carbocycles. The first-order chi connectivity index (χ1) is 15.4. The van der Waals surface area contributed by atoms with Crippen molar-refractivity contribution in [3.8, 4) is 17.0 Å². The minimum absolute atomic E-state index is 0.131. The molecule has 0 bridgehead atoms. The average molecular weight is 471 g/mol. The van der Waals surface area contributed by atoms with Gasteiger partial charge in [0.15, 0.2) is 5.75 Å². The third-order valence-electron chi connectivity index (χ3n) is 5.88. The van der Waals surface area contributed by atoms with Crippen LogP contribution in [0.4, 0.5) is 0 Å². The Morgan fingerprint density at radius 2 is 2.03 bits per heavy atom. The second kappa shape index (κ2) is 7.79. The molecule has 3 aromatic heterocycles. The van der Waals surface area contributed by atoms with Crippen molar-refractivity contribution < 1.29 is 9.53 Å². The Balaban J connectivity index is 1.63. The number of aryl methyl sites for hydroxylation is 1. The van der Waals surface area contributed by atoms with Crippen LogP contribution < -0.4 is 4.74 Å². The number of hydrogen-bond donors (Lipinski definition) is 1. The van der Waals surface area contributed by atoms with Gasteiger partial charge in [-0.05, 0) is 19.1 Å². The molecule has 1 amide bonds. The predicted molar refractivity (Wildman–Crippen MR) is 122 cm³/mol.